The summed E-state index contributed by atoms with van der Waals surface area (Å²) in [6, 6.07) is 8.55. The van der Waals surface area contributed by atoms with Gasteiger partial charge in [0.05, 0.1) is 16.6 Å². The van der Waals surface area contributed by atoms with Crippen LogP contribution in [0.5, 0.6) is 0 Å². The van der Waals surface area contributed by atoms with Gasteiger partial charge in [0.25, 0.3) is 5.69 Å². The molecule has 0 saturated carbocycles. The standard InChI is InChI=1S/C18H15NO4/c20-16-8-5-10-11(16)2-1-3-13(10)18-14-6-9-17(21)12(14)4-7-15(18)19(22)23/h1-4,7,17,21H,5-6,8-9H2. The van der Waals surface area contributed by atoms with E-state index in [0.29, 0.717) is 36.8 Å². The molecule has 116 valence electrons. The number of carbonyl (C=O) groups is 1. The van der Waals surface area contributed by atoms with Crippen LogP contribution in [0, 0.1) is 10.1 Å². The molecule has 4 rings (SSSR count). The summed E-state index contributed by atoms with van der Waals surface area (Å²) in [6.07, 6.45) is 1.71. The quantitative estimate of drug-likeness (QED) is 0.681. The van der Waals surface area contributed by atoms with Crippen molar-refractivity contribution in [3.05, 3.63) is 62.7 Å². The fourth-order valence-electron chi connectivity index (χ4n) is 3.85. The Bertz CT molecular complexity index is 856. The first-order valence-electron chi connectivity index (χ1n) is 7.71. The van der Waals surface area contributed by atoms with Gasteiger partial charge < -0.3 is 5.11 Å². The second kappa shape index (κ2) is 4.99. The van der Waals surface area contributed by atoms with Crippen molar-refractivity contribution < 1.29 is 14.8 Å². The van der Waals surface area contributed by atoms with Crippen molar-refractivity contribution in [3.8, 4) is 11.1 Å². The number of benzene rings is 2. The molecule has 0 saturated heterocycles. The predicted octanol–water partition coefficient (Wildman–Crippen LogP) is 3.37. The van der Waals surface area contributed by atoms with Gasteiger partial charge in [0.1, 0.15) is 0 Å². The maximum absolute atomic E-state index is 12.0. The normalized spacial score (nSPS) is 18.8. The van der Waals surface area contributed by atoms with E-state index >= 15 is 0 Å². The molecular weight excluding hydrogens is 294 g/mol. The van der Waals surface area contributed by atoms with Crippen molar-refractivity contribution in [2.24, 2.45) is 0 Å². The molecule has 2 aliphatic rings. The van der Waals surface area contributed by atoms with E-state index < -0.39 is 6.10 Å². The molecule has 0 spiro atoms. The summed E-state index contributed by atoms with van der Waals surface area (Å²) >= 11 is 0. The van der Waals surface area contributed by atoms with Gasteiger partial charge in [-0.3, -0.25) is 14.9 Å². The number of Topliss-reactive ketones (excluding diaryl/α,β-unsaturated/α-hetero) is 1. The van der Waals surface area contributed by atoms with E-state index in [0.717, 1.165) is 22.3 Å². The lowest BCUT2D eigenvalue weighted by molar-refractivity contribution is -0.384. The molecule has 0 radical (unpaired) electrons. The molecule has 0 bridgehead atoms. The number of ketones is 1. The molecule has 23 heavy (non-hydrogen) atoms. The molecule has 0 aromatic heterocycles. The maximum Gasteiger partial charge on any atom is 0.277 e. The van der Waals surface area contributed by atoms with Gasteiger partial charge in [-0.15, -0.1) is 0 Å². The summed E-state index contributed by atoms with van der Waals surface area (Å²) in [7, 11) is 0. The van der Waals surface area contributed by atoms with Crippen LogP contribution >= 0.6 is 0 Å². The zero-order chi connectivity index (χ0) is 16.1. The van der Waals surface area contributed by atoms with Gasteiger partial charge in [-0.25, -0.2) is 0 Å². The number of nitro benzene ring substituents is 1. The minimum absolute atomic E-state index is 0.0469. The number of carbonyl (C=O) groups excluding carboxylic acids is 1. The van der Waals surface area contributed by atoms with Crippen LogP contribution in [0.1, 0.15) is 46.0 Å². The van der Waals surface area contributed by atoms with Gasteiger partial charge in [-0.2, -0.15) is 0 Å². The summed E-state index contributed by atoms with van der Waals surface area (Å²) < 4.78 is 0. The number of aliphatic hydroxyl groups excluding tert-OH is 1. The maximum atomic E-state index is 12.0. The monoisotopic (exact) mass is 309 g/mol. The Morgan fingerprint density at radius 3 is 2.61 bits per heavy atom. The van der Waals surface area contributed by atoms with Crippen LogP contribution < -0.4 is 0 Å². The molecule has 0 fully saturated rings. The van der Waals surface area contributed by atoms with E-state index in [1.165, 1.54) is 6.07 Å². The average molecular weight is 309 g/mol. The third-order valence-corrected chi connectivity index (χ3v) is 4.90. The van der Waals surface area contributed by atoms with Crippen molar-refractivity contribution in [1.82, 2.24) is 0 Å². The lowest BCUT2D eigenvalue weighted by Gasteiger charge is -2.13. The molecule has 0 aliphatic heterocycles. The molecule has 5 heteroatoms. The van der Waals surface area contributed by atoms with Gasteiger partial charge in [0, 0.05) is 18.1 Å². The Hall–Kier alpha value is -2.53. The molecule has 1 unspecified atom stereocenters. The number of nitrogens with zero attached hydrogens (tertiary/aromatic N) is 1. The summed E-state index contributed by atoms with van der Waals surface area (Å²) in [4.78, 5) is 23.1. The Morgan fingerprint density at radius 2 is 1.83 bits per heavy atom. The smallest absolute Gasteiger partial charge is 0.277 e. The highest BCUT2D eigenvalue weighted by Gasteiger charge is 2.32. The van der Waals surface area contributed by atoms with Crippen LogP contribution in [-0.2, 0) is 12.8 Å². The van der Waals surface area contributed by atoms with Gasteiger partial charge in [-0.1, -0.05) is 18.2 Å². The Kier molecular flexibility index (Phi) is 3.06. The highest BCUT2D eigenvalue weighted by molar-refractivity contribution is 6.03. The van der Waals surface area contributed by atoms with Crippen LogP contribution in [0.25, 0.3) is 11.1 Å². The first-order chi connectivity index (χ1) is 11.1. The molecule has 2 aromatic carbocycles. The minimum atomic E-state index is -0.567. The minimum Gasteiger partial charge on any atom is -0.388 e. The number of nitro groups is 1. The molecule has 0 amide bonds. The van der Waals surface area contributed by atoms with Crippen LogP contribution in [0.4, 0.5) is 5.69 Å². The van der Waals surface area contributed by atoms with E-state index in [9.17, 15) is 20.0 Å². The van der Waals surface area contributed by atoms with Crippen molar-refractivity contribution in [1.29, 1.82) is 0 Å². The Labute approximate surface area is 132 Å². The lowest BCUT2D eigenvalue weighted by atomic mass is 9.90. The van der Waals surface area contributed by atoms with E-state index in [4.69, 9.17) is 0 Å². The van der Waals surface area contributed by atoms with Gasteiger partial charge in [0.2, 0.25) is 0 Å². The fraction of sp³-hybridized carbons (Fsp3) is 0.278. The number of aliphatic hydroxyl groups is 1. The average Bonchev–Trinajstić information content (AvgIpc) is 3.10. The third kappa shape index (κ3) is 2.00. The van der Waals surface area contributed by atoms with Gasteiger partial charge in [-0.05, 0) is 47.6 Å². The molecule has 5 nitrogen and oxygen atoms in total. The van der Waals surface area contributed by atoms with Crippen molar-refractivity contribution >= 4 is 11.5 Å². The van der Waals surface area contributed by atoms with Crippen LogP contribution in [0.2, 0.25) is 0 Å². The number of rotatable bonds is 2. The first-order valence-corrected chi connectivity index (χ1v) is 7.71. The summed E-state index contributed by atoms with van der Waals surface area (Å²) in [5.74, 6) is 0.0946. The molecule has 1 N–H and O–H groups in total. The first kappa shape index (κ1) is 14.1. The van der Waals surface area contributed by atoms with Crippen LogP contribution in [0.3, 0.4) is 0 Å². The third-order valence-electron chi connectivity index (χ3n) is 4.90. The predicted molar refractivity (Wildman–Crippen MR) is 84.5 cm³/mol. The van der Waals surface area contributed by atoms with Crippen molar-refractivity contribution in [3.63, 3.8) is 0 Å². The van der Waals surface area contributed by atoms with E-state index in [1.807, 2.05) is 6.07 Å². The second-order valence-electron chi connectivity index (χ2n) is 6.09. The Morgan fingerprint density at radius 1 is 1.04 bits per heavy atom. The van der Waals surface area contributed by atoms with Crippen molar-refractivity contribution in [2.45, 2.75) is 31.8 Å². The largest absolute Gasteiger partial charge is 0.388 e. The fourth-order valence-corrected chi connectivity index (χ4v) is 3.85. The number of hydrogen-bond donors (Lipinski definition) is 1. The highest BCUT2D eigenvalue weighted by Crippen LogP contribution is 2.45. The van der Waals surface area contributed by atoms with Gasteiger partial charge in [0.15, 0.2) is 5.78 Å². The SMILES string of the molecule is O=C1CCc2c1cccc2-c1c([N+](=O)[O-])ccc2c1CCC2O. The lowest BCUT2D eigenvalue weighted by Crippen LogP contribution is -2.00. The zero-order valence-corrected chi connectivity index (χ0v) is 12.4. The summed E-state index contributed by atoms with van der Waals surface area (Å²) in [5, 5.41) is 21.6. The second-order valence-corrected chi connectivity index (χ2v) is 6.09. The molecule has 1 atom stereocenters. The van der Waals surface area contributed by atoms with E-state index in [1.54, 1.807) is 18.2 Å². The summed E-state index contributed by atoms with van der Waals surface area (Å²) in [6.45, 7) is 0. The molecular formula is C18H15NO4. The highest BCUT2D eigenvalue weighted by atomic mass is 16.6. The van der Waals surface area contributed by atoms with Crippen molar-refractivity contribution in [2.75, 3.05) is 0 Å². The van der Waals surface area contributed by atoms with Gasteiger partial charge >= 0.3 is 0 Å². The van der Waals surface area contributed by atoms with Crippen LogP contribution in [-0.4, -0.2) is 15.8 Å². The zero-order valence-electron chi connectivity index (χ0n) is 12.4. The number of hydrogen-bond acceptors (Lipinski definition) is 4. The molecule has 2 aliphatic carbocycles. The topological polar surface area (TPSA) is 80.4 Å². The number of fused-ring (bicyclic) bond motifs is 2. The van der Waals surface area contributed by atoms with E-state index in [2.05, 4.69) is 0 Å². The molecule has 2 aromatic rings. The summed E-state index contributed by atoms with van der Waals surface area (Å²) in [5.41, 5.74) is 4.59. The Balaban J connectivity index is 2.04. The van der Waals surface area contributed by atoms with Crippen LogP contribution in [0.15, 0.2) is 30.3 Å². The molecule has 0 heterocycles. The van der Waals surface area contributed by atoms with E-state index in [-0.39, 0.29) is 16.4 Å².